The van der Waals surface area contributed by atoms with E-state index in [1.807, 2.05) is 36.7 Å². The van der Waals surface area contributed by atoms with Gasteiger partial charge in [0.05, 0.1) is 11.4 Å². The van der Waals surface area contributed by atoms with Crippen molar-refractivity contribution in [2.75, 3.05) is 11.1 Å². The Morgan fingerprint density at radius 3 is 2.50 bits per heavy atom. The van der Waals surface area contributed by atoms with Crippen LogP contribution < -0.4 is 5.32 Å². The van der Waals surface area contributed by atoms with Gasteiger partial charge in [-0.1, -0.05) is 39.8 Å². The van der Waals surface area contributed by atoms with Crippen LogP contribution in [0.3, 0.4) is 0 Å². The molecule has 4 fully saturated rings. The van der Waals surface area contributed by atoms with Gasteiger partial charge in [0.2, 0.25) is 5.91 Å². The van der Waals surface area contributed by atoms with Crippen molar-refractivity contribution < 1.29 is 4.79 Å². The van der Waals surface area contributed by atoms with Crippen LogP contribution in [-0.2, 0) is 18.3 Å². The Hall–Kier alpha value is -1.71. The van der Waals surface area contributed by atoms with Crippen LogP contribution in [0.4, 0.5) is 5.13 Å². The standard InChI is InChI=1S/C25H28BrN5OS2/c1-31-21(12-25-9-15-6-16(10-25)8-17(7-15)11-25)29-30-24(31)34-14-22(32)28-23-27-20(13-33-23)18-2-4-19(26)5-3-18/h2-5,13,15-17H,6-12,14H2,1H3,(H,27,28,32). The van der Waals surface area contributed by atoms with E-state index in [1.54, 1.807) is 0 Å². The zero-order valence-electron chi connectivity index (χ0n) is 19.2. The van der Waals surface area contributed by atoms with Gasteiger partial charge in [0.25, 0.3) is 0 Å². The van der Waals surface area contributed by atoms with Crippen molar-refractivity contribution in [3.05, 3.63) is 39.9 Å². The number of thiazole rings is 1. The molecule has 1 aromatic carbocycles. The number of halogens is 1. The first-order valence-corrected chi connectivity index (χ1v) is 14.6. The van der Waals surface area contributed by atoms with Crippen molar-refractivity contribution >= 4 is 50.1 Å². The fourth-order valence-corrected chi connectivity index (χ4v) is 8.57. The normalized spacial score (nSPS) is 27.3. The second-order valence-electron chi connectivity index (χ2n) is 10.4. The largest absolute Gasteiger partial charge is 0.309 e. The quantitative estimate of drug-likeness (QED) is 0.350. The number of carbonyl (C=O) groups excluding carboxylic acids is 1. The first kappa shape index (κ1) is 22.7. The molecule has 0 aliphatic heterocycles. The minimum Gasteiger partial charge on any atom is -0.309 e. The number of hydrogen-bond acceptors (Lipinski definition) is 6. The minimum absolute atomic E-state index is 0.0765. The predicted molar refractivity (Wildman–Crippen MR) is 140 cm³/mol. The fourth-order valence-electron chi connectivity index (χ4n) is 6.84. The maximum atomic E-state index is 12.6. The van der Waals surface area contributed by atoms with Crippen molar-refractivity contribution in [3.63, 3.8) is 0 Å². The Morgan fingerprint density at radius 1 is 1.15 bits per heavy atom. The SMILES string of the molecule is Cn1c(CC23CC4CC(CC(C4)C2)C3)nnc1SCC(=O)Nc1nc(-c2ccc(Br)cc2)cs1. The van der Waals surface area contributed by atoms with Crippen LogP contribution >= 0.6 is 39.0 Å². The summed E-state index contributed by atoms with van der Waals surface area (Å²) in [5, 5.41) is 15.3. The molecule has 7 rings (SSSR count). The summed E-state index contributed by atoms with van der Waals surface area (Å²) in [6.45, 7) is 0. The number of carbonyl (C=O) groups is 1. The van der Waals surface area contributed by atoms with Crippen molar-refractivity contribution in [2.24, 2.45) is 30.2 Å². The third-order valence-corrected chi connectivity index (χ3v) is 10.2. The number of nitrogens with zero attached hydrogens (tertiary/aromatic N) is 4. The number of hydrogen-bond donors (Lipinski definition) is 1. The first-order chi connectivity index (χ1) is 16.4. The van der Waals surface area contributed by atoms with E-state index in [1.165, 1.54) is 61.6 Å². The van der Waals surface area contributed by atoms with E-state index >= 15 is 0 Å². The molecule has 34 heavy (non-hydrogen) atoms. The van der Waals surface area contributed by atoms with Gasteiger partial charge < -0.3 is 9.88 Å². The molecule has 4 aliphatic carbocycles. The Morgan fingerprint density at radius 2 is 1.82 bits per heavy atom. The van der Waals surface area contributed by atoms with Crippen molar-refractivity contribution in [1.29, 1.82) is 0 Å². The van der Waals surface area contributed by atoms with Crippen molar-refractivity contribution in [2.45, 2.75) is 50.1 Å². The van der Waals surface area contributed by atoms with Gasteiger partial charge in [0, 0.05) is 28.9 Å². The molecule has 4 bridgehead atoms. The highest BCUT2D eigenvalue weighted by atomic mass is 79.9. The zero-order chi connectivity index (χ0) is 23.3. The van der Waals surface area contributed by atoms with Gasteiger partial charge in [-0.25, -0.2) is 4.98 Å². The molecule has 2 heterocycles. The number of rotatable bonds is 7. The molecule has 9 heteroatoms. The number of anilines is 1. The van der Waals surface area contributed by atoms with Crippen LogP contribution in [0, 0.1) is 23.2 Å². The molecule has 0 saturated heterocycles. The second-order valence-corrected chi connectivity index (χ2v) is 13.2. The molecular weight excluding hydrogens is 530 g/mol. The number of nitrogens with one attached hydrogen (secondary N) is 1. The van der Waals surface area contributed by atoms with Gasteiger partial charge in [-0.05, 0) is 73.8 Å². The van der Waals surface area contributed by atoms with E-state index in [9.17, 15) is 4.79 Å². The van der Waals surface area contributed by atoms with E-state index in [2.05, 4.69) is 41.0 Å². The van der Waals surface area contributed by atoms with Crippen LogP contribution in [0.25, 0.3) is 11.3 Å². The second kappa shape index (κ2) is 9.06. The number of aromatic nitrogens is 4. The highest BCUT2D eigenvalue weighted by Gasteiger charge is 2.51. The Bertz CT molecular complexity index is 1170. The third-order valence-electron chi connectivity index (χ3n) is 7.85. The lowest BCUT2D eigenvalue weighted by molar-refractivity contribution is -0.113. The average molecular weight is 559 g/mol. The monoisotopic (exact) mass is 557 g/mol. The van der Waals surface area contributed by atoms with Gasteiger partial charge in [-0.3, -0.25) is 4.79 Å². The van der Waals surface area contributed by atoms with Crippen LogP contribution in [-0.4, -0.2) is 31.4 Å². The summed E-state index contributed by atoms with van der Waals surface area (Å²) in [5.74, 6) is 4.10. The van der Waals surface area contributed by atoms with Crippen LogP contribution in [0.2, 0.25) is 0 Å². The lowest BCUT2D eigenvalue weighted by Crippen LogP contribution is -2.47. The summed E-state index contributed by atoms with van der Waals surface area (Å²) in [6.07, 6.45) is 9.51. The molecule has 4 saturated carbocycles. The van der Waals surface area contributed by atoms with Gasteiger partial charge in [-0.2, -0.15) is 0 Å². The Balaban J connectivity index is 1.05. The summed E-state index contributed by atoms with van der Waals surface area (Å²) in [7, 11) is 2.04. The minimum atomic E-state index is -0.0765. The number of benzene rings is 1. The molecule has 1 N–H and O–H groups in total. The number of amides is 1. The lowest BCUT2D eigenvalue weighted by Gasteiger charge is -2.56. The zero-order valence-corrected chi connectivity index (χ0v) is 22.4. The van der Waals surface area contributed by atoms with E-state index < -0.39 is 0 Å². The summed E-state index contributed by atoms with van der Waals surface area (Å²) in [5.41, 5.74) is 2.33. The average Bonchev–Trinajstić information content (AvgIpc) is 3.39. The molecule has 0 unspecified atom stereocenters. The number of thioether (sulfide) groups is 1. The highest BCUT2D eigenvalue weighted by Crippen LogP contribution is 2.61. The first-order valence-electron chi connectivity index (χ1n) is 12.0. The van der Waals surface area contributed by atoms with Gasteiger partial charge >= 0.3 is 0 Å². The van der Waals surface area contributed by atoms with Crippen LogP contribution in [0.15, 0.2) is 39.3 Å². The molecule has 3 aromatic rings. The fraction of sp³-hybridized carbons (Fsp3) is 0.520. The Kier molecular flexibility index (Phi) is 6.06. The molecule has 2 aromatic heterocycles. The topological polar surface area (TPSA) is 72.7 Å². The van der Waals surface area contributed by atoms with E-state index in [4.69, 9.17) is 0 Å². The molecule has 4 aliphatic rings. The summed E-state index contributed by atoms with van der Waals surface area (Å²) in [6, 6.07) is 8.00. The van der Waals surface area contributed by atoms with Gasteiger partial charge in [0.1, 0.15) is 5.82 Å². The summed E-state index contributed by atoms with van der Waals surface area (Å²) < 4.78 is 3.13. The summed E-state index contributed by atoms with van der Waals surface area (Å²) in [4.78, 5) is 17.1. The maximum Gasteiger partial charge on any atom is 0.236 e. The molecule has 178 valence electrons. The third kappa shape index (κ3) is 4.58. The van der Waals surface area contributed by atoms with Crippen molar-refractivity contribution in [1.82, 2.24) is 19.7 Å². The van der Waals surface area contributed by atoms with E-state index in [0.717, 1.165) is 50.9 Å². The molecule has 0 radical (unpaired) electrons. The predicted octanol–water partition coefficient (Wildman–Crippen LogP) is 6.19. The van der Waals surface area contributed by atoms with Crippen molar-refractivity contribution in [3.8, 4) is 11.3 Å². The molecular formula is C25H28BrN5OS2. The highest BCUT2D eigenvalue weighted by molar-refractivity contribution is 9.10. The molecule has 0 atom stereocenters. The van der Waals surface area contributed by atoms with Gasteiger partial charge in [0.15, 0.2) is 10.3 Å². The maximum absolute atomic E-state index is 12.6. The van der Waals surface area contributed by atoms with Crippen LogP contribution in [0.1, 0.15) is 44.3 Å². The lowest BCUT2D eigenvalue weighted by atomic mass is 9.49. The molecule has 6 nitrogen and oxygen atoms in total. The van der Waals surface area contributed by atoms with Gasteiger partial charge in [-0.15, -0.1) is 21.5 Å². The smallest absolute Gasteiger partial charge is 0.236 e. The van der Waals surface area contributed by atoms with Crippen LogP contribution in [0.5, 0.6) is 0 Å². The summed E-state index contributed by atoms with van der Waals surface area (Å²) >= 11 is 6.33. The molecule has 0 spiro atoms. The van der Waals surface area contributed by atoms with E-state index in [-0.39, 0.29) is 11.7 Å². The Labute approximate surface area is 216 Å². The molecule has 1 amide bonds. The van der Waals surface area contributed by atoms with E-state index in [0.29, 0.717) is 10.5 Å².